The third kappa shape index (κ3) is 3.11. The molecular weight excluding hydrogens is 194 g/mol. The smallest absolute Gasteiger partial charge is 0.418 e. The zero-order valence-electron chi connectivity index (χ0n) is 9.91. The van der Waals surface area contributed by atoms with Crippen LogP contribution >= 0.6 is 0 Å². The number of carbonyl (C=O) groups excluding carboxylic acids is 1. The van der Waals surface area contributed by atoms with Crippen molar-refractivity contribution >= 4 is 11.9 Å². The number of nitrogens with zero attached hydrogens (tertiary/aromatic N) is 2. The number of hydrogen-bond acceptors (Lipinski definition) is 2. The summed E-state index contributed by atoms with van der Waals surface area (Å²) in [5.74, 6) is -0.0116. The van der Waals surface area contributed by atoms with E-state index in [0.717, 1.165) is 19.4 Å². The Morgan fingerprint density at radius 3 is 2.67 bits per heavy atom. The molecule has 1 heterocycles. The summed E-state index contributed by atoms with van der Waals surface area (Å²) in [6, 6.07) is 0.706. The minimum atomic E-state index is -0.349. The lowest BCUT2D eigenvalue weighted by Gasteiger charge is -2.23. The highest BCUT2D eigenvalue weighted by atomic mass is 16.5. The maximum absolute atomic E-state index is 11.5. The largest absolute Gasteiger partial charge is 0.446 e. The molecule has 5 heteroatoms. The third-order valence-electron chi connectivity index (χ3n) is 2.25. The zero-order chi connectivity index (χ0) is 11.4. The van der Waals surface area contributed by atoms with E-state index in [2.05, 4.69) is 5.32 Å². The normalized spacial score (nSPS) is 20.5. The van der Waals surface area contributed by atoms with E-state index in [1.165, 1.54) is 0 Å². The maximum Gasteiger partial charge on any atom is 0.446 e. The molecule has 0 saturated carbocycles. The van der Waals surface area contributed by atoms with Gasteiger partial charge in [-0.2, -0.15) is 0 Å². The first-order valence-corrected chi connectivity index (χ1v) is 5.18. The molecule has 0 bridgehead atoms. The first-order chi connectivity index (χ1) is 7.02. The minimum absolute atomic E-state index is 0.0116. The summed E-state index contributed by atoms with van der Waals surface area (Å²) in [6.45, 7) is 0.762. The van der Waals surface area contributed by atoms with Gasteiger partial charge >= 0.3 is 6.02 Å². The predicted molar refractivity (Wildman–Crippen MR) is 57.9 cm³/mol. The van der Waals surface area contributed by atoms with Gasteiger partial charge in [-0.1, -0.05) is 0 Å². The maximum atomic E-state index is 11.5. The van der Waals surface area contributed by atoms with Gasteiger partial charge in [0.25, 0.3) is 5.91 Å². The van der Waals surface area contributed by atoms with E-state index >= 15 is 0 Å². The van der Waals surface area contributed by atoms with Crippen LogP contribution in [0.3, 0.4) is 0 Å². The van der Waals surface area contributed by atoms with E-state index in [9.17, 15) is 4.79 Å². The molecule has 1 aliphatic heterocycles. The fourth-order valence-electron chi connectivity index (χ4n) is 1.59. The molecule has 1 unspecified atom stereocenters. The number of carbonyl (C=O) groups is 1. The lowest BCUT2D eigenvalue weighted by atomic mass is 10.1. The summed E-state index contributed by atoms with van der Waals surface area (Å²) in [6.07, 6.45) is 1.42. The number of nitrogens with one attached hydrogen (secondary N) is 1. The van der Waals surface area contributed by atoms with Gasteiger partial charge in [0.2, 0.25) is 0 Å². The number of hydrogen-bond donors (Lipinski definition) is 1. The van der Waals surface area contributed by atoms with Crippen molar-refractivity contribution in [2.45, 2.75) is 18.9 Å². The van der Waals surface area contributed by atoms with Gasteiger partial charge < -0.3 is 10.1 Å². The Bertz CT molecular complexity index is 270. The van der Waals surface area contributed by atoms with Gasteiger partial charge in [0.1, 0.15) is 0 Å². The molecule has 1 atom stereocenters. The fourth-order valence-corrected chi connectivity index (χ4v) is 1.59. The lowest BCUT2D eigenvalue weighted by molar-refractivity contribution is -0.481. The van der Waals surface area contributed by atoms with E-state index < -0.39 is 0 Å². The Morgan fingerprint density at radius 1 is 1.53 bits per heavy atom. The molecule has 0 spiro atoms. The Kier molecular flexibility index (Phi) is 3.94. The molecule has 0 aromatic rings. The van der Waals surface area contributed by atoms with Crippen LogP contribution in [0.5, 0.6) is 0 Å². The number of amidine groups is 1. The highest BCUT2D eigenvalue weighted by Crippen LogP contribution is 2.08. The average Bonchev–Trinajstić information content (AvgIpc) is 2.15. The second kappa shape index (κ2) is 5.00. The van der Waals surface area contributed by atoms with Crippen LogP contribution in [-0.4, -0.2) is 62.2 Å². The Hall–Kier alpha value is -1.26. The number of rotatable bonds is 1. The van der Waals surface area contributed by atoms with Crippen molar-refractivity contribution < 1.29 is 14.1 Å². The van der Waals surface area contributed by atoms with Crippen molar-refractivity contribution in [3.63, 3.8) is 0 Å². The first kappa shape index (κ1) is 11.8. The number of piperidine rings is 1. The van der Waals surface area contributed by atoms with Crippen LogP contribution in [0.2, 0.25) is 0 Å². The van der Waals surface area contributed by atoms with Gasteiger partial charge in [0, 0.05) is 6.54 Å². The lowest BCUT2D eigenvalue weighted by Crippen LogP contribution is -2.46. The summed E-state index contributed by atoms with van der Waals surface area (Å²) in [5.41, 5.74) is 0. The van der Waals surface area contributed by atoms with Gasteiger partial charge in [-0.25, -0.2) is 9.48 Å². The SMILES string of the molecule is CN(C)C(OC1CCCNC1=O)=[N+](C)C. The van der Waals surface area contributed by atoms with Gasteiger partial charge in [0.15, 0.2) is 6.10 Å². The molecule has 0 radical (unpaired) electrons. The molecule has 1 rings (SSSR count). The fraction of sp³-hybridized carbons (Fsp3) is 0.800. The van der Waals surface area contributed by atoms with Crippen LogP contribution < -0.4 is 5.32 Å². The molecule has 0 aromatic carbocycles. The zero-order valence-corrected chi connectivity index (χ0v) is 9.91. The van der Waals surface area contributed by atoms with Crippen LogP contribution in [0.15, 0.2) is 0 Å². The molecule has 1 amide bonds. The monoisotopic (exact) mass is 214 g/mol. The van der Waals surface area contributed by atoms with Gasteiger partial charge in [-0.15, -0.1) is 0 Å². The third-order valence-corrected chi connectivity index (χ3v) is 2.25. The topological polar surface area (TPSA) is 44.6 Å². The number of amides is 1. The standard InChI is InChI=1S/C10H19N3O2/c1-12(2)10(13(3)4)15-8-6-5-7-11-9(8)14/h8H,5-7H2,1-4H3/p+1. The summed E-state index contributed by atoms with van der Waals surface area (Å²) in [5, 5.41) is 2.80. The molecule has 0 aliphatic carbocycles. The van der Waals surface area contributed by atoms with Crippen LogP contribution in [0, 0.1) is 0 Å². The van der Waals surface area contributed by atoms with Crippen molar-refractivity contribution in [2.75, 3.05) is 34.7 Å². The average molecular weight is 214 g/mol. The molecule has 86 valence electrons. The summed E-state index contributed by atoms with van der Waals surface area (Å²) >= 11 is 0. The first-order valence-electron chi connectivity index (χ1n) is 5.18. The van der Waals surface area contributed by atoms with E-state index in [-0.39, 0.29) is 12.0 Å². The van der Waals surface area contributed by atoms with Crippen molar-refractivity contribution in [1.82, 2.24) is 10.2 Å². The van der Waals surface area contributed by atoms with Crippen LogP contribution in [-0.2, 0) is 9.53 Å². The second-order valence-corrected chi connectivity index (χ2v) is 4.11. The molecule has 1 N–H and O–H groups in total. The number of ether oxygens (including phenoxy) is 1. The molecule has 1 aliphatic rings. The van der Waals surface area contributed by atoms with Crippen LogP contribution in [0.25, 0.3) is 0 Å². The molecule has 1 saturated heterocycles. The molecule has 1 fully saturated rings. The summed E-state index contributed by atoms with van der Waals surface area (Å²) in [4.78, 5) is 13.4. The van der Waals surface area contributed by atoms with E-state index in [4.69, 9.17) is 4.74 Å². The van der Waals surface area contributed by atoms with Gasteiger partial charge in [-0.3, -0.25) is 4.79 Å². The molecule has 0 aromatic heterocycles. The molecular formula is C10H20N3O2+. The quantitative estimate of drug-likeness (QED) is 0.362. The highest BCUT2D eigenvalue weighted by molar-refractivity contribution is 5.84. The Balaban J connectivity index is 2.66. The molecule has 15 heavy (non-hydrogen) atoms. The van der Waals surface area contributed by atoms with E-state index in [1.54, 1.807) is 0 Å². The van der Waals surface area contributed by atoms with Crippen LogP contribution in [0.1, 0.15) is 12.8 Å². The van der Waals surface area contributed by atoms with Crippen LogP contribution in [0.4, 0.5) is 0 Å². The summed E-state index contributed by atoms with van der Waals surface area (Å²) < 4.78 is 7.55. The van der Waals surface area contributed by atoms with Crippen molar-refractivity contribution in [2.24, 2.45) is 0 Å². The van der Waals surface area contributed by atoms with Crippen molar-refractivity contribution in [3.05, 3.63) is 0 Å². The van der Waals surface area contributed by atoms with Crippen molar-refractivity contribution in [1.29, 1.82) is 0 Å². The second-order valence-electron chi connectivity index (χ2n) is 4.11. The van der Waals surface area contributed by atoms with Crippen molar-refractivity contribution in [3.8, 4) is 0 Å². The predicted octanol–water partition coefficient (Wildman–Crippen LogP) is -0.529. The van der Waals surface area contributed by atoms with Gasteiger partial charge in [-0.05, 0) is 12.8 Å². The Labute approximate surface area is 90.7 Å². The van der Waals surface area contributed by atoms with Gasteiger partial charge in [0.05, 0.1) is 28.2 Å². The Morgan fingerprint density at radius 2 is 2.20 bits per heavy atom. The minimum Gasteiger partial charge on any atom is -0.418 e. The highest BCUT2D eigenvalue weighted by Gasteiger charge is 2.28. The van der Waals surface area contributed by atoms with E-state index in [0.29, 0.717) is 6.02 Å². The summed E-state index contributed by atoms with van der Waals surface area (Å²) in [7, 11) is 7.60. The van der Waals surface area contributed by atoms with E-state index in [1.807, 2.05) is 37.7 Å². The molecule has 5 nitrogen and oxygen atoms in total.